The van der Waals surface area contributed by atoms with Crippen molar-refractivity contribution in [2.75, 3.05) is 32.9 Å². The SMILES string of the molecule is O=C(O)COc1cccc(C(=O)N2CCCCCCO[C@H]([C@H](O)CO)[C@H](O)[C@H](O)C2)c1. The van der Waals surface area contributed by atoms with Gasteiger partial charge in [-0.2, -0.15) is 0 Å². The summed E-state index contributed by atoms with van der Waals surface area (Å²) in [5.41, 5.74) is 0.250. The molecule has 0 aromatic heterocycles. The molecule has 0 unspecified atom stereocenters. The maximum Gasteiger partial charge on any atom is 0.341 e. The molecule has 1 fully saturated rings. The zero-order chi connectivity index (χ0) is 22.8. The van der Waals surface area contributed by atoms with Crippen molar-refractivity contribution in [3.8, 4) is 5.75 Å². The molecular formula is C21H31NO9. The third-order valence-corrected chi connectivity index (χ3v) is 5.07. The highest BCUT2D eigenvalue weighted by Gasteiger charge is 2.34. The van der Waals surface area contributed by atoms with E-state index in [1.807, 2.05) is 0 Å². The Morgan fingerprint density at radius 2 is 1.94 bits per heavy atom. The predicted octanol–water partition coefficient (Wildman–Crippen LogP) is -0.374. The van der Waals surface area contributed by atoms with E-state index in [0.29, 0.717) is 19.4 Å². The fourth-order valence-corrected chi connectivity index (χ4v) is 3.39. The fraction of sp³-hybridized carbons (Fsp3) is 0.619. The number of aliphatic carboxylic acids is 1. The molecule has 0 radical (unpaired) electrons. The summed E-state index contributed by atoms with van der Waals surface area (Å²) in [5.74, 6) is -1.33. The maximum atomic E-state index is 13.1. The fourth-order valence-electron chi connectivity index (χ4n) is 3.39. The first-order valence-electron chi connectivity index (χ1n) is 10.3. The highest BCUT2D eigenvalue weighted by Crippen LogP contribution is 2.18. The van der Waals surface area contributed by atoms with Gasteiger partial charge >= 0.3 is 5.97 Å². The zero-order valence-electron chi connectivity index (χ0n) is 17.3. The molecule has 2 rings (SSSR count). The van der Waals surface area contributed by atoms with Gasteiger partial charge in [-0.05, 0) is 31.0 Å². The van der Waals surface area contributed by atoms with Crippen LogP contribution in [0.3, 0.4) is 0 Å². The van der Waals surface area contributed by atoms with E-state index in [4.69, 9.17) is 14.6 Å². The molecule has 1 aromatic rings. The number of aliphatic hydroxyl groups excluding tert-OH is 4. The number of hydrogen-bond acceptors (Lipinski definition) is 8. The topological polar surface area (TPSA) is 157 Å². The molecule has 5 N–H and O–H groups in total. The molecule has 174 valence electrons. The molecule has 0 saturated carbocycles. The lowest BCUT2D eigenvalue weighted by molar-refractivity contribution is -0.145. The molecule has 10 nitrogen and oxygen atoms in total. The van der Waals surface area contributed by atoms with Crippen molar-refractivity contribution in [2.24, 2.45) is 0 Å². The van der Waals surface area contributed by atoms with Gasteiger partial charge in [-0.25, -0.2) is 4.79 Å². The smallest absolute Gasteiger partial charge is 0.341 e. The molecule has 1 aromatic carbocycles. The van der Waals surface area contributed by atoms with Gasteiger partial charge in [0.2, 0.25) is 0 Å². The highest BCUT2D eigenvalue weighted by atomic mass is 16.5. The number of β-amino-alcohol motifs (C(OH)–C–C–N with tert-alkyl or cyclic N) is 1. The van der Waals surface area contributed by atoms with Gasteiger partial charge in [-0.3, -0.25) is 4.79 Å². The van der Waals surface area contributed by atoms with Crippen LogP contribution in [-0.4, -0.2) is 99.6 Å². The number of hydrogen-bond donors (Lipinski definition) is 5. The number of rotatable bonds is 6. The predicted molar refractivity (Wildman–Crippen MR) is 109 cm³/mol. The monoisotopic (exact) mass is 441 g/mol. The van der Waals surface area contributed by atoms with Gasteiger partial charge in [0, 0.05) is 25.3 Å². The van der Waals surface area contributed by atoms with E-state index < -0.39 is 49.5 Å². The lowest BCUT2D eigenvalue weighted by atomic mass is 10.0. The second-order valence-corrected chi connectivity index (χ2v) is 7.52. The Bertz CT molecular complexity index is 714. The van der Waals surface area contributed by atoms with Crippen LogP contribution in [-0.2, 0) is 9.53 Å². The Kier molecular flexibility index (Phi) is 10.2. The standard InChI is InChI=1S/C21H31NO9/c23-12-17(25)20-19(28)16(24)11-22(8-3-1-2-4-9-30-20)21(29)14-6-5-7-15(10-14)31-13-18(26)27/h5-7,10,16-17,19-20,23-25,28H,1-4,8-9,11-13H2,(H,26,27)/t16-,17-,19-,20-/m1/s1. The molecule has 1 amide bonds. The first kappa shape index (κ1) is 25.0. The molecule has 1 saturated heterocycles. The summed E-state index contributed by atoms with van der Waals surface area (Å²) in [7, 11) is 0. The molecule has 1 aliphatic rings. The minimum absolute atomic E-state index is 0.210. The summed E-state index contributed by atoms with van der Waals surface area (Å²) in [4.78, 5) is 25.2. The van der Waals surface area contributed by atoms with Crippen LogP contribution in [0, 0.1) is 0 Å². The minimum atomic E-state index is -1.51. The Labute approximate surface area is 180 Å². The maximum absolute atomic E-state index is 13.1. The molecule has 1 heterocycles. The summed E-state index contributed by atoms with van der Waals surface area (Å²) in [6, 6.07) is 6.07. The minimum Gasteiger partial charge on any atom is -0.482 e. The van der Waals surface area contributed by atoms with E-state index in [1.165, 1.54) is 17.0 Å². The van der Waals surface area contributed by atoms with Crippen LogP contribution in [0.2, 0.25) is 0 Å². The second kappa shape index (κ2) is 12.6. The number of carboxylic acid groups (broad SMARTS) is 1. The molecule has 0 bridgehead atoms. The molecule has 31 heavy (non-hydrogen) atoms. The quantitative estimate of drug-likeness (QED) is 0.397. The lowest BCUT2D eigenvalue weighted by Crippen LogP contribution is -2.52. The van der Waals surface area contributed by atoms with E-state index in [-0.39, 0.29) is 24.5 Å². The van der Waals surface area contributed by atoms with Gasteiger partial charge in [0.25, 0.3) is 5.91 Å². The average molecular weight is 441 g/mol. The molecule has 1 aliphatic heterocycles. The average Bonchev–Trinajstić information content (AvgIpc) is 2.76. The van der Waals surface area contributed by atoms with Crippen molar-refractivity contribution in [1.29, 1.82) is 0 Å². The van der Waals surface area contributed by atoms with Crippen LogP contribution < -0.4 is 4.74 Å². The zero-order valence-corrected chi connectivity index (χ0v) is 17.3. The van der Waals surface area contributed by atoms with Crippen LogP contribution in [0.1, 0.15) is 36.0 Å². The summed E-state index contributed by atoms with van der Waals surface area (Å²) in [6.45, 7) is -0.770. The summed E-state index contributed by atoms with van der Waals surface area (Å²) in [6.07, 6.45) is -2.49. The Balaban J connectivity index is 2.17. The van der Waals surface area contributed by atoms with Crippen molar-refractivity contribution in [2.45, 2.75) is 50.1 Å². The van der Waals surface area contributed by atoms with Crippen LogP contribution >= 0.6 is 0 Å². The number of aliphatic hydroxyl groups is 4. The van der Waals surface area contributed by atoms with Crippen LogP contribution in [0.5, 0.6) is 5.75 Å². The Hall–Kier alpha value is -2.24. The molecule has 10 heteroatoms. The number of amides is 1. The molecule has 0 aliphatic carbocycles. The summed E-state index contributed by atoms with van der Waals surface area (Å²) in [5, 5.41) is 49.0. The number of benzene rings is 1. The largest absolute Gasteiger partial charge is 0.482 e. The van der Waals surface area contributed by atoms with Crippen LogP contribution in [0.25, 0.3) is 0 Å². The van der Waals surface area contributed by atoms with Crippen molar-refractivity contribution in [1.82, 2.24) is 4.90 Å². The molecule has 4 atom stereocenters. The Morgan fingerprint density at radius 1 is 1.19 bits per heavy atom. The van der Waals surface area contributed by atoms with Gasteiger partial charge in [-0.15, -0.1) is 0 Å². The van der Waals surface area contributed by atoms with Gasteiger partial charge in [0.1, 0.15) is 30.2 Å². The van der Waals surface area contributed by atoms with E-state index in [2.05, 4.69) is 0 Å². The van der Waals surface area contributed by atoms with Gasteiger partial charge in [0.05, 0.1) is 6.61 Å². The van der Waals surface area contributed by atoms with Crippen LogP contribution in [0.15, 0.2) is 24.3 Å². The van der Waals surface area contributed by atoms with Gasteiger partial charge in [-0.1, -0.05) is 18.9 Å². The van der Waals surface area contributed by atoms with E-state index in [0.717, 1.165) is 12.8 Å². The first-order valence-corrected chi connectivity index (χ1v) is 10.3. The number of carboxylic acids is 1. The van der Waals surface area contributed by atoms with Crippen molar-refractivity contribution >= 4 is 11.9 Å². The summed E-state index contributed by atoms with van der Waals surface area (Å²) >= 11 is 0. The number of ether oxygens (including phenoxy) is 2. The summed E-state index contributed by atoms with van der Waals surface area (Å²) < 4.78 is 10.6. The first-order chi connectivity index (χ1) is 14.8. The van der Waals surface area contributed by atoms with Crippen molar-refractivity contribution in [3.05, 3.63) is 29.8 Å². The van der Waals surface area contributed by atoms with Crippen molar-refractivity contribution < 1.29 is 44.6 Å². The van der Waals surface area contributed by atoms with E-state index in [9.17, 15) is 30.0 Å². The third kappa shape index (κ3) is 7.75. The normalized spacial score (nSPS) is 24.5. The number of carbonyl (C=O) groups is 2. The number of carbonyl (C=O) groups excluding carboxylic acids is 1. The Morgan fingerprint density at radius 3 is 2.65 bits per heavy atom. The second-order valence-electron chi connectivity index (χ2n) is 7.52. The third-order valence-electron chi connectivity index (χ3n) is 5.07. The highest BCUT2D eigenvalue weighted by molar-refractivity contribution is 5.94. The van der Waals surface area contributed by atoms with Gasteiger partial charge in [0.15, 0.2) is 6.61 Å². The van der Waals surface area contributed by atoms with Crippen LogP contribution in [0.4, 0.5) is 0 Å². The van der Waals surface area contributed by atoms with E-state index in [1.54, 1.807) is 12.1 Å². The van der Waals surface area contributed by atoms with E-state index >= 15 is 0 Å². The van der Waals surface area contributed by atoms with Gasteiger partial charge < -0.3 is 39.9 Å². The molecular weight excluding hydrogens is 410 g/mol. The lowest BCUT2D eigenvalue weighted by Gasteiger charge is -2.33. The van der Waals surface area contributed by atoms with Crippen molar-refractivity contribution in [3.63, 3.8) is 0 Å². The number of nitrogens with zero attached hydrogens (tertiary/aromatic N) is 1. The molecule has 0 spiro atoms.